The van der Waals surface area contributed by atoms with Crippen molar-refractivity contribution in [3.63, 3.8) is 0 Å². The fraction of sp³-hybridized carbons (Fsp3) is 0.700. The number of fused-ring (bicyclic) bond motifs is 1. The number of nitrogens with zero attached hydrogens (tertiary/aromatic N) is 2. The Bertz CT molecular complexity index is 358. The van der Waals surface area contributed by atoms with Crippen molar-refractivity contribution in [3.8, 4) is 0 Å². The van der Waals surface area contributed by atoms with E-state index >= 15 is 0 Å². The van der Waals surface area contributed by atoms with Gasteiger partial charge >= 0.3 is 0 Å². The largest absolute Gasteiger partial charge is 0.354 e. The second kappa shape index (κ2) is 4.00. The van der Waals surface area contributed by atoms with Crippen molar-refractivity contribution in [2.75, 3.05) is 0 Å². The lowest BCUT2D eigenvalue weighted by atomic mass is 9.89. The van der Waals surface area contributed by atoms with Gasteiger partial charge in [-0.05, 0) is 26.7 Å². The number of carbonyl (C=O) groups excluding carboxylic acids is 1. The van der Waals surface area contributed by atoms with E-state index < -0.39 is 0 Å². The zero-order valence-electron chi connectivity index (χ0n) is 9.08. The zero-order valence-corrected chi connectivity index (χ0v) is 9.08. The first kappa shape index (κ1) is 10.1. The highest BCUT2D eigenvalue weighted by Crippen LogP contribution is 2.22. The number of rotatable bonds is 2. The maximum atomic E-state index is 11.8. The fourth-order valence-corrected chi connectivity index (χ4v) is 1.91. The lowest BCUT2D eigenvalue weighted by Gasteiger charge is -2.20. The van der Waals surface area contributed by atoms with Gasteiger partial charge in [-0.15, -0.1) is 0 Å². The summed E-state index contributed by atoms with van der Waals surface area (Å²) in [6.07, 6.45) is 2.44. The summed E-state index contributed by atoms with van der Waals surface area (Å²) >= 11 is 0. The predicted molar refractivity (Wildman–Crippen MR) is 55.2 cm³/mol. The van der Waals surface area contributed by atoms with Crippen LogP contribution >= 0.6 is 0 Å². The van der Waals surface area contributed by atoms with Crippen LogP contribution in [0.15, 0.2) is 0 Å². The van der Waals surface area contributed by atoms with Crippen molar-refractivity contribution in [2.24, 2.45) is 5.92 Å². The van der Waals surface area contributed by atoms with Crippen LogP contribution < -0.4 is 5.32 Å². The minimum Gasteiger partial charge on any atom is -0.354 e. The van der Waals surface area contributed by atoms with E-state index in [1.54, 1.807) is 0 Å². The summed E-state index contributed by atoms with van der Waals surface area (Å²) < 4.78 is 0. The third-order valence-electron chi connectivity index (χ3n) is 2.67. The van der Waals surface area contributed by atoms with Gasteiger partial charge in [0, 0.05) is 18.4 Å². The maximum absolute atomic E-state index is 11.8. The van der Waals surface area contributed by atoms with Crippen LogP contribution in [-0.2, 0) is 17.6 Å². The first-order valence-electron chi connectivity index (χ1n) is 5.35. The summed E-state index contributed by atoms with van der Waals surface area (Å²) in [5, 5.41) is 13.6. The third-order valence-corrected chi connectivity index (χ3v) is 2.67. The van der Waals surface area contributed by atoms with Crippen molar-refractivity contribution in [1.29, 1.82) is 0 Å². The quantitative estimate of drug-likeness (QED) is 0.740. The second-order valence-electron chi connectivity index (χ2n) is 4.32. The summed E-state index contributed by atoms with van der Waals surface area (Å²) in [7, 11) is 0. The van der Waals surface area contributed by atoms with Crippen LogP contribution in [0.5, 0.6) is 0 Å². The number of aryl methyl sites for hydroxylation is 1. The van der Waals surface area contributed by atoms with Crippen LogP contribution in [-0.4, -0.2) is 27.4 Å². The van der Waals surface area contributed by atoms with Crippen molar-refractivity contribution in [3.05, 3.63) is 11.4 Å². The summed E-state index contributed by atoms with van der Waals surface area (Å²) in [4.78, 5) is 11.8. The Morgan fingerprint density at radius 3 is 2.93 bits per heavy atom. The van der Waals surface area contributed by atoms with E-state index in [1.165, 1.54) is 0 Å². The molecule has 1 aliphatic rings. The molecule has 2 N–H and O–H groups in total. The molecule has 1 aliphatic carbocycles. The van der Waals surface area contributed by atoms with E-state index in [0.717, 1.165) is 24.2 Å². The lowest BCUT2D eigenvalue weighted by Crippen LogP contribution is -2.38. The Balaban J connectivity index is 2.00. The third kappa shape index (κ3) is 2.16. The Morgan fingerprint density at radius 1 is 1.47 bits per heavy atom. The van der Waals surface area contributed by atoms with Gasteiger partial charge < -0.3 is 5.32 Å². The Hall–Kier alpha value is -1.39. The molecule has 0 bridgehead atoms. The van der Waals surface area contributed by atoms with E-state index in [2.05, 4.69) is 20.7 Å². The van der Waals surface area contributed by atoms with Gasteiger partial charge in [0.1, 0.15) is 0 Å². The highest BCUT2D eigenvalue weighted by Gasteiger charge is 2.27. The molecule has 0 fully saturated rings. The first-order chi connectivity index (χ1) is 7.16. The van der Waals surface area contributed by atoms with Crippen molar-refractivity contribution >= 4 is 5.91 Å². The molecule has 1 atom stereocenters. The highest BCUT2D eigenvalue weighted by atomic mass is 16.1. The SMILES string of the molecule is CC(C)NC(=O)C1CCc2n[nH]nc2C1. The molecular formula is C10H16N4O. The van der Waals surface area contributed by atoms with Crippen LogP contribution in [0.1, 0.15) is 31.7 Å². The molecule has 5 heteroatoms. The molecule has 1 amide bonds. The minimum atomic E-state index is 0.0602. The summed E-state index contributed by atoms with van der Waals surface area (Å²) in [5.74, 6) is 0.198. The van der Waals surface area contributed by atoms with Crippen LogP contribution in [0.3, 0.4) is 0 Å². The molecule has 0 saturated heterocycles. The zero-order chi connectivity index (χ0) is 10.8. The van der Waals surface area contributed by atoms with E-state index in [9.17, 15) is 4.79 Å². The van der Waals surface area contributed by atoms with Gasteiger partial charge in [0.25, 0.3) is 0 Å². The monoisotopic (exact) mass is 208 g/mol. The molecular weight excluding hydrogens is 192 g/mol. The highest BCUT2D eigenvalue weighted by molar-refractivity contribution is 5.79. The number of carbonyl (C=O) groups is 1. The minimum absolute atomic E-state index is 0.0602. The number of amides is 1. The van der Waals surface area contributed by atoms with Gasteiger partial charge in [0.15, 0.2) is 0 Å². The number of H-pyrrole nitrogens is 1. The normalized spacial score (nSPS) is 20.1. The average Bonchev–Trinajstić information content (AvgIpc) is 2.62. The van der Waals surface area contributed by atoms with Gasteiger partial charge in [0.05, 0.1) is 11.4 Å². The Morgan fingerprint density at radius 2 is 2.20 bits per heavy atom. The molecule has 0 saturated carbocycles. The first-order valence-corrected chi connectivity index (χ1v) is 5.35. The lowest BCUT2D eigenvalue weighted by molar-refractivity contribution is -0.125. The van der Waals surface area contributed by atoms with Gasteiger partial charge in [-0.3, -0.25) is 4.79 Å². The van der Waals surface area contributed by atoms with E-state index in [4.69, 9.17) is 0 Å². The summed E-state index contributed by atoms with van der Waals surface area (Å²) in [6.45, 7) is 3.95. The van der Waals surface area contributed by atoms with Gasteiger partial charge in [-0.25, -0.2) is 0 Å². The van der Waals surface area contributed by atoms with Crippen LogP contribution in [0.25, 0.3) is 0 Å². The standard InChI is InChI=1S/C10H16N4O/c1-6(2)11-10(15)7-3-4-8-9(5-7)13-14-12-8/h6-7H,3-5H2,1-2H3,(H,11,15)(H,12,13,14). The van der Waals surface area contributed by atoms with Crippen molar-refractivity contribution in [1.82, 2.24) is 20.7 Å². The summed E-state index contributed by atoms with van der Waals surface area (Å²) in [6, 6.07) is 0.205. The smallest absolute Gasteiger partial charge is 0.223 e. The van der Waals surface area contributed by atoms with Crippen LogP contribution in [0, 0.1) is 5.92 Å². The molecule has 1 aromatic heterocycles. The predicted octanol–water partition coefficient (Wildman–Crippen LogP) is 0.434. The van der Waals surface area contributed by atoms with Crippen molar-refractivity contribution in [2.45, 2.75) is 39.2 Å². The van der Waals surface area contributed by atoms with Crippen LogP contribution in [0.4, 0.5) is 0 Å². The average molecular weight is 208 g/mol. The van der Waals surface area contributed by atoms with Gasteiger partial charge in [-0.1, -0.05) is 0 Å². The number of aromatic nitrogens is 3. The number of hydrogen-bond acceptors (Lipinski definition) is 3. The van der Waals surface area contributed by atoms with Crippen LogP contribution in [0.2, 0.25) is 0 Å². The summed E-state index contributed by atoms with van der Waals surface area (Å²) in [5.41, 5.74) is 1.97. The number of nitrogens with one attached hydrogen (secondary N) is 2. The Kier molecular flexibility index (Phi) is 2.70. The molecule has 0 spiro atoms. The molecule has 2 rings (SSSR count). The maximum Gasteiger partial charge on any atom is 0.223 e. The van der Waals surface area contributed by atoms with E-state index in [-0.39, 0.29) is 17.9 Å². The molecule has 0 aliphatic heterocycles. The molecule has 0 aromatic carbocycles. The molecule has 1 aromatic rings. The second-order valence-corrected chi connectivity index (χ2v) is 4.32. The van der Waals surface area contributed by atoms with Gasteiger partial charge in [0.2, 0.25) is 5.91 Å². The molecule has 1 heterocycles. The molecule has 1 unspecified atom stereocenters. The topological polar surface area (TPSA) is 70.7 Å². The van der Waals surface area contributed by atoms with E-state index in [0.29, 0.717) is 6.42 Å². The Labute approximate surface area is 88.6 Å². The molecule has 0 radical (unpaired) electrons. The fourth-order valence-electron chi connectivity index (χ4n) is 1.91. The van der Waals surface area contributed by atoms with E-state index in [1.807, 2.05) is 13.8 Å². The molecule has 82 valence electrons. The van der Waals surface area contributed by atoms with Crippen molar-refractivity contribution < 1.29 is 4.79 Å². The molecule has 5 nitrogen and oxygen atoms in total. The number of aromatic amines is 1. The number of hydrogen-bond donors (Lipinski definition) is 2. The van der Waals surface area contributed by atoms with Gasteiger partial charge in [-0.2, -0.15) is 15.4 Å². The molecule has 15 heavy (non-hydrogen) atoms.